The fourth-order valence-corrected chi connectivity index (χ4v) is 7.11. The van der Waals surface area contributed by atoms with E-state index in [0.29, 0.717) is 12.1 Å². The molecule has 0 aliphatic heterocycles. The number of carbonyl (C=O) groups is 4. The molecule has 2 aromatic rings. The van der Waals surface area contributed by atoms with Gasteiger partial charge in [-0.2, -0.15) is 0 Å². The van der Waals surface area contributed by atoms with E-state index < -0.39 is 87.3 Å². The maximum Gasteiger partial charge on any atom is 0.255 e. The Balaban J connectivity index is 1.53. The number of ketones is 2. The molecule has 2 amide bonds. The molecule has 0 spiro atoms. The van der Waals surface area contributed by atoms with Gasteiger partial charge in [-0.25, -0.2) is 0 Å². The number of Topliss-reactive ketones (excluding diaryl/α,β-unsaturated/α-hetero) is 2. The van der Waals surface area contributed by atoms with Crippen LogP contribution in [0.2, 0.25) is 0 Å². The van der Waals surface area contributed by atoms with Crippen molar-refractivity contribution in [1.29, 1.82) is 0 Å². The molecule has 0 fully saturated rings. The molecule has 45 heavy (non-hydrogen) atoms. The average molecular weight is 621 g/mol. The van der Waals surface area contributed by atoms with Crippen molar-refractivity contribution in [2.24, 2.45) is 17.6 Å². The van der Waals surface area contributed by atoms with Gasteiger partial charge in [0.1, 0.15) is 17.1 Å². The third-order valence-corrected chi connectivity index (χ3v) is 9.11. The highest BCUT2D eigenvalue weighted by atomic mass is 16.4. The topological polar surface area (TPSA) is 214 Å². The molecule has 2 aromatic carbocycles. The number of likely N-dealkylation sites (N-methyl/N-ethyl adjacent to an activating group) is 2. The van der Waals surface area contributed by atoms with E-state index in [9.17, 15) is 44.7 Å². The van der Waals surface area contributed by atoms with Crippen LogP contribution in [0.4, 0.5) is 5.69 Å². The lowest BCUT2D eigenvalue weighted by Gasteiger charge is -2.53. The SMILES string of the molecule is CC1c2ccc(NC(=O)CN(C)Cc3ccccc3)c(O)c2C(=O)C2=C(O)[C@]3(O)C(=O)C(C(N)=O)=C(O)[C@@H](N(C)C)C3C(O)C21. The lowest BCUT2D eigenvalue weighted by molar-refractivity contribution is -0.162. The number of fused-ring (bicyclic) bond motifs is 3. The fraction of sp³-hybridized carbons (Fsp3) is 0.375. The van der Waals surface area contributed by atoms with Crippen LogP contribution < -0.4 is 11.1 Å². The molecule has 0 bridgehead atoms. The monoisotopic (exact) mass is 620 g/mol. The highest BCUT2D eigenvalue weighted by Crippen LogP contribution is 2.56. The smallest absolute Gasteiger partial charge is 0.255 e. The van der Waals surface area contributed by atoms with Crippen molar-refractivity contribution < 1.29 is 44.7 Å². The summed E-state index contributed by atoms with van der Waals surface area (Å²) in [5.41, 5.74) is 1.78. The van der Waals surface area contributed by atoms with Crippen LogP contribution in [0.5, 0.6) is 5.75 Å². The standard InChI is InChI=1S/C32H36N4O9/c1-14-16-10-11-17(34-18(37)13-36(4)12-15-8-6-5-7-9-15)25(38)20(16)26(39)21-19(14)27(40)23-24(35(2)3)28(41)22(31(33)44)30(43)32(23,45)29(21)42/h5-11,14,19,23-24,27,38,40-42,45H,12-13H2,1-4H3,(H2,33,44)(H,34,37)/t14?,19?,23?,24-,27?,32-/m0/s1. The molecule has 4 unspecified atom stereocenters. The van der Waals surface area contributed by atoms with Crippen molar-refractivity contribution in [2.75, 3.05) is 33.0 Å². The van der Waals surface area contributed by atoms with Crippen LogP contribution in [0.25, 0.3) is 0 Å². The summed E-state index contributed by atoms with van der Waals surface area (Å²) in [6.45, 7) is 2.08. The average Bonchev–Trinajstić information content (AvgIpc) is 2.96. The number of nitrogens with two attached hydrogens (primary N) is 1. The minimum Gasteiger partial charge on any atom is -0.510 e. The zero-order valence-corrected chi connectivity index (χ0v) is 25.2. The molecule has 0 radical (unpaired) electrons. The summed E-state index contributed by atoms with van der Waals surface area (Å²) < 4.78 is 0. The van der Waals surface area contributed by atoms with Crippen molar-refractivity contribution in [3.8, 4) is 5.75 Å². The number of rotatable bonds is 7. The van der Waals surface area contributed by atoms with Gasteiger partial charge in [0.2, 0.25) is 11.7 Å². The first-order valence-corrected chi connectivity index (χ1v) is 14.3. The van der Waals surface area contributed by atoms with Crippen LogP contribution in [0, 0.1) is 11.8 Å². The third kappa shape index (κ3) is 4.88. The highest BCUT2D eigenvalue weighted by Gasteiger charge is 2.67. The molecule has 6 atom stereocenters. The Morgan fingerprint density at radius 3 is 2.27 bits per heavy atom. The van der Waals surface area contributed by atoms with Crippen molar-refractivity contribution in [1.82, 2.24) is 9.80 Å². The summed E-state index contributed by atoms with van der Waals surface area (Å²) in [7, 11) is 4.69. The minimum absolute atomic E-state index is 0.0396. The van der Waals surface area contributed by atoms with Crippen LogP contribution in [0.3, 0.4) is 0 Å². The normalized spacial score (nSPS) is 27.8. The second kappa shape index (κ2) is 11.4. The zero-order chi connectivity index (χ0) is 33.1. The number of aromatic hydroxyl groups is 1. The van der Waals surface area contributed by atoms with Gasteiger partial charge < -0.3 is 36.6 Å². The molecule has 0 saturated carbocycles. The number of carbonyl (C=O) groups excluding carboxylic acids is 4. The Kier molecular flexibility index (Phi) is 8.08. The Labute approximate surface area is 258 Å². The van der Waals surface area contributed by atoms with E-state index in [0.717, 1.165) is 5.56 Å². The Morgan fingerprint density at radius 2 is 1.67 bits per heavy atom. The number of hydrogen-bond donors (Lipinski definition) is 7. The van der Waals surface area contributed by atoms with Crippen LogP contribution in [0.15, 0.2) is 65.1 Å². The van der Waals surface area contributed by atoms with Gasteiger partial charge in [0.15, 0.2) is 17.1 Å². The summed E-state index contributed by atoms with van der Waals surface area (Å²) in [6.07, 6.45) is -1.69. The second-order valence-corrected chi connectivity index (χ2v) is 12.2. The number of anilines is 1. The van der Waals surface area contributed by atoms with Gasteiger partial charge in [0.05, 0.1) is 35.9 Å². The molecular formula is C32H36N4O9. The van der Waals surface area contributed by atoms with E-state index in [1.54, 1.807) is 18.9 Å². The number of nitrogens with zero attached hydrogens (tertiary/aromatic N) is 2. The number of hydrogen-bond acceptors (Lipinski definition) is 11. The zero-order valence-electron chi connectivity index (χ0n) is 25.2. The summed E-state index contributed by atoms with van der Waals surface area (Å²) in [4.78, 5) is 55.7. The second-order valence-electron chi connectivity index (χ2n) is 12.2. The molecular weight excluding hydrogens is 584 g/mol. The molecule has 13 nitrogen and oxygen atoms in total. The molecule has 0 heterocycles. The predicted octanol–water partition coefficient (Wildman–Crippen LogP) is 0.723. The number of aliphatic hydroxyl groups excluding tert-OH is 3. The van der Waals surface area contributed by atoms with Crippen LogP contribution in [-0.2, 0) is 20.9 Å². The molecule has 5 rings (SSSR count). The van der Waals surface area contributed by atoms with Crippen LogP contribution in [-0.4, -0.2) is 104 Å². The van der Waals surface area contributed by atoms with Gasteiger partial charge >= 0.3 is 0 Å². The number of aliphatic hydroxyl groups is 4. The fourth-order valence-electron chi connectivity index (χ4n) is 7.11. The number of benzene rings is 2. The lowest BCUT2D eigenvalue weighted by Crippen LogP contribution is -2.68. The Morgan fingerprint density at radius 1 is 1.02 bits per heavy atom. The quantitative estimate of drug-likeness (QED) is 0.169. The molecule has 0 aromatic heterocycles. The van der Waals surface area contributed by atoms with Crippen molar-refractivity contribution in [2.45, 2.75) is 37.1 Å². The van der Waals surface area contributed by atoms with Crippen molar-refractivity contribution in [3.63, 3.8) is 0 Å². The first-order valence-electron chi connectivity index (χ1n) is 14.3. The lowest BCUT2D eigenvalue weighted by atomic mass is 9.55. The summed E-state index contributed by atoms with van der Waals surface area (Å²) in [5.74, 6) is -10.3. The Hall–Kier alpha value is -4.56. The molecule has 8 N–H and O–H groups in total. The maximum absolute atomic E-state index is 14.0. The van der Waals surface area contributed by atoms with Crippen LogP contribution >= 0.6 is 0 Å². The van der Waals surface area contributed by atoms with Gasteiger partial charge in [0, 0.05) is 18.0 Å². The number of nitrogens with one attached hydrogen (secondary N) is 1. The van der Waals surface area contributed by atoms with E-state index in [1.165, 1.54) is 31.1 Å². The van der Waals surface area contributed by atoms with Gasteiger partial charge in [0.25, 0.3) is 5.91 Å². The predicted molar refractivity (Wildman–Crippen MR) is 161 cm³/mol. The third-order valence-electron chi connectivity index (χ3n) is 9.11. The van der Waals surface area contributed by atoms with Gasteiger partial charge in [-0.3, -0.25) is 29.0 Å². The maximum atomic E-state index is 14.0. The Bertz CT molecular complexity index is 1670. The minimum atomic E-state index is -3.01. The van der Waals surface area contributed by atoms with Crippen molar-refractivity contribution in [3.05, 3.63) is 81.8 Å². The molecule has 3 aliphatic rings. The van der Waals surface area contributed by atoms with E-state index in [2.05, 4.69) is 5.32 Å². The summed E-state index contributed by atoms with van der Waals surface area (Å²) in [6, 6.07) is 11.1. The van der Waals surface area contributed by atoms with Gasteiger partial charge in [-0.15, -0.1) is 0 Å². The molecule has 3 aliphatic carbocycles. The van der Waals surface area contributed by atoms with Gasteiger partial charge in [-0.1, -0.05) is 43.3 Å². The number of phenols is 1. The summed E-state index contributed by atoms with van der Waals surface area (Å²) in [5, 5.41) is 59.8. The first kappa shape index (κ1) is 31.9. The number of primary amides is 1. The van der Waals surface area contributed by atoms with E-state index in [-0.39, 0.29) is 17.8 Å². The largest absolute Gasteiger partial charge is 0.510 e. The molecule has 238 valence electrons. The highest BCUT2D eigenvalue weighted by molar-refractivity contribution is 6.25. The van der Waals surface area contributed by atoms with E-state index in [4.69, 9.17) is 5.73 Å². The summed E-state index contributed by atoms with van der Waals surface area (Å²) >= 11 is 0. The van der Waals surface area contributed by atoms with E-state index >= 15 is 0 Å². The number of amides is 2. The van der Waals surface area contributed by atoms with Crippen molar-refractivity contribution >= 4 is 29.1 Å². The van der Waals surface area contributed by atoms with Gasteiger partial charge in [-0.05, 0) is 44.3 Å². The van der Waals surface area contributed by atoms with E-state index in [1.807, 2.05) is 30.3 Å². The molecule has 0 saturated heterocycles. The molecule has 13 heteroatoms. The van der Waals surface area contributed by atoms with Crippen LogP contribution in [0.1, 0.15) is 34.3 Å². The number of phenolic OH excluding ortho intramolecular Hbond substituents is 1. The first-order chi connectivity index (χ1) is 21.1.